The third kappa shape index (κ3) is 7.97. The smallest absolute Gasteiger partial charge is 0.410 e. The number of nitrogens with zero attached hydrogens (tertiary/aromatic N) is 1. The fraction of sp³-hybridized carbons (Fsp3) is 0.824. The molecule has 1 fully saturated rings. The molecule has 0 radical (unpaired) electrons. The quantitative estimate of drug-likeness (QED) is 0.241. The number of nitrogens with one attached hydrogen (secondary N) is 1. The summed E-state index contributed by atoms with van der Waals surface area (Å²) in [6.45, 7) is 4.51. The van der Waals surface area contributed by atoms with Crippen molar-refractivity contribution in [3.8, 4) is 0 Å². The van der Waals surface area contributed by atoms with E-state index in [9.17, 15) is 24.5 Å². The summed E-state index contributed by atoms with van der Waals surface area (Å²) < 4.78 is 9.81. The van der Waals surface area contributed by atoms with Crippen LogP contribution in [0.3, 0.4) is 0 Å². The zero-order chi connectivity index (χ0) is 21.3. The third-order valence-electron chi connectivity index (χ3n) is 4.64. The third-order valence-corrected chi connectivity index (χ3v) is 4.64. The maximum absolute atomic E-state index is 12.0. The average molecular weight is 404 g/mol. The molecule has 0 aromatic carbocycles. The van der Waals surface area contributed by atoms with Gasteiger partial charge in [-0.3, -0.25) is 9.63 Å². The van der Waals surface area contributed by atoms with Crippen molar-refractivity contribution < 1.29 is 38.9 Å². The van der Waals surface area contributed by atoms with Gasteiger partial charge in [0.15, 0.2) is 0 Å². The normalized spacial score (nSPS) is 17.9. The van der Waals surface area contributed by atoms with Gasteiger partial charge in [-0.1, -0.05) is 33.1 Å². The second-order valence-corrected chi connectivity index (χ2v) is 7.39. The van der Waals surface area contributed by atoms with Gasteiger partial charge in [0.2, 0.25) is 12.4 Å². The van der Waals surface area contributed by atoms with Crippen LogP contribution in [-0.2, 0) is 23.9 Å². The van der Waals surface area contributed by atoms with Crippen molar-refractivity contribution in [2.24, 2.45) is 11.3 Å². The molecule has 1 amide bonds. The van der Waals surface area contributed by atoms with E-state index in [0.29, 0.717) is 12.8 Å². The van der Waals surface area contributed by atoms with Crippen molar-refractivity contribution in [1.82, 2.24) is 5.32 Å². The average Bonchev–Trinajstić information content (AvgIpc) is 2.57. The molecule has 11 heteroatoms. The molecular formula is C17H28N2O9. The van der Waals surface area contributed by atoms with Crippen molar-refractivity contribution in [2.45, 2.75) is 71.7 Å². The molecule has 2 unspecified atom stereocenters. The Balaban J connectivity index is 2.53. The topological polar surface area (TPSA) is 154 Å². The van der Waals surface area contributed by atoms with E-state index >= 15 is 0 Å². The van der Waals surface area contributed by atoms with E-state index in [1.54, 1.807) is 13.8 Å². The monoisotopic (exact) mass is 404 g/mol. The molecule has 1 rings (SSSR count). The zero-order valence-electron chi connectivity index (χ0n) is 16.3. The highest BCUT2D eigenvalue weighted by atomic mass is 17.0. The van der Waals surface area contributed by atoms with Gasteiger partial charge >= 0.3 is 18.0 Å². The lowest BCUT2D eigenvalue weighted by Gasteiger charge is -2.36. The molecule has 11 nitrogen and oxygen atoms in total. The number of carbonyl (C=O) groups is 3. The minimum Gasteiger partial charge on any atom is -0.481 e. The molecule has 0 spiro atoms. The number of rotatable bonds is 10. The van der Waals surface area contributed by atoms with Crippen LogP contribution in [0, 0.1) is 21.4 Å². The number of carboxylic acids is 1. The highest BCUT2D eigenvalue weighted by Crippen LogP contribution is 2.38. The van der Waals surface area contributed by atoms with E-state index in [2.05, 4.69) is 10.2 Å². The number of amides is 1. The predicted molar refractivity (Wildman–Crippen MR) is 94.5 cm³/mol. The van der Waals surface area contributed by atoms with Gasteiger partial charge in [-0.05, 0) is 24.2 Å². The minimum absolute atomic E-state index is 0.0495. The van der Waals surface area contributed by atoms with E-state index < -0.39 is 46.8 Å². The summed E-state index contributed by atoms with van der Waals surface area (Å²) in [5, 5.41) is 21.0. The van der Waals surface area contributed by atoms with Crippen LogP contribution in [0.2, 0.25) is 0 Å². The summed E-state index contributed by atoms with van der Waals surface area (Å²) in [6, 6.07) is 0. The van der Waals surface area contributed by atoms with Crippen LogP contribution in [0.5, 0.6) is 0 Å². The number of esters is 1. The Morgan fingerprint density at radius 2 is 1.75 bits per heavy atom. The summed E-state index contributed by atoms with van der Waals surface area (Å²) in [5.74, 6) is -2.48. The Morgan fingerprint density at radius 3 is 2.25 bits per heavy atom. The predicted octanol–water partition coefficient (Wildman–Crippen LogP) is 2.26. The Kier molecular flexibility index (Phi) is 8.93. The summed E-state index contributed by atoms with van der Waals surface area (Å²) in [5.41, 5.74) is -0.523. The number of hydrogen-bond acceptors (Lipinski definition) is 8. The molecule has 0 aromatic heterocycles. The second-order valence-electron chi connectivity index (χ2n) is 7.39. The first-order valence-corrected chi connectivity index (χ1v) is 9.22. The molecule has 0 heterocycles. The van der Waals surface area contributed by atoms with Gasteiger partial charge in [0.05, 0.1) is 6.42 Å². The summed E-state index contributed by atoms with van der Waals surface area (Å²) in [6.07, 6.45) is 0.546. The van der Waals surface area contributed by atoms with Crippen LogP contribution < -0.4 is 5.32 Å². The van der Waals surface area contributed by atoms with Gasteiger partial charge in [-0.15, -0.1) is 10.1 Å². The van der Waals surface area contributed by atoms with E-state index in [-0.39, 0.29) is 13.0 Å². The number of carbonyl (C=O) groups excluding carboxylic acids is 2. The van der Waals surface area contributed by atoms with E-state index in [0.717, 1.165) is 19.3 Å². The van der Waals surface area contributed by atoms with Crippen LogP contribution in [0.4, 0.5) is 4.79 Å². The van der Waals surface area contributed by atoms with Crippen molar-refractivity contribution >= 4 is 18.0 Å². The first-order chi connectivity index (χ1) is 13.0. The van der Waals surface area contributed by atoms with Gasteiger partial charge in [-0.25, -0.2) is 9.59 Å². The summed E-state index contributed by atoms with van der Waals surface area (Å²) >= 11 is 0. The van der Waals surface area contributed by atoms with Gasteiger partial charge in [0, 0.05) is 13.5 Å². The summed E-state index contributed by atoms with van der Waals surface area (Å²) in [4.78, 5) is 49.8. The van der Waals surface area contributed by atoms with Gasteiger partial charge in [0.1, 0.15) is 0 Å². The van der Waals surface area contributed by atoms with E-state index in [4.69, 9.17) is 14.6 Å². The van der Waals surface area contributed by atoms with Crippen molar-refractivity contribution in [3.63, 3.8) is 0 Å². The van der Waals surface area contributed by atoms with Crippen LogP contribution >= 0.6 is 0 Å². The zero-order valence-corrected chi connectivity index (χ0v) is 16.3. The Hall–Kier alpha value is -2.59. The lowest BCUT2D eigenvalue weighted by atomic mass is 9.72. The molecule has 1 saturated carbocycles. The molecule has 1 aliphatic rings. The van der Waals surface area contributed by atoms with E-state index in [1.807, 2.05) is 0 Å². The van der Waals surface area contributed by atoms with Gasteiger partial charge in [-0.2, -0.15) is 0 Å². The first kappa shape index (κ1) is 23.4. The highest BCUT2D eigenvalue weighted by Gasteiger charge is 2.35. The summed E-state index contributed by atoms with van der Waals surface area (Å²) in [7, 11) is 0. The fourth-order valence-corrected chi connectivity index (χ4v) is 3.28. The lowest BCUT2D eigenvalue weighted by molar-refractivity contribution is -0.766. The fourth-order valence-electron chi connectivity index (χ4n) is 3.28. The molecular weight excluding hydrogens is 376 g/mol. The Morgan fingerprint density at radius 1 is 1.14 bits per heavy atom. The highest BCUT2D eigenvalue weighted by molar-refractivity contribution is 5.75. The first-order valence-electron chi connectivity index (χ1n) is 9.22. The molecule has 1 aliphatic carbocycles. The number of hydrogen-bond donors (Lipinski definition) is 2. The van der Waals surface area contributed by atoms with E-state index in [1.165, 1.54) is 6.92 Å². The minimum atomic E-state index is -1.44. The van der Waals surface area contributed by atoms with Crippen LogP contribution in [-0.4, -0.2) is 47.2 Å². The maximum atomic E-state index is 12.0. The standard InChI is InChI=1S/C17H28N2O9/c1-11(2)14(28-19(24)25)15(22)26-12(3)27-16(23)18-10-17(9-13(20)21)7-5-4-6-8-17/h11-12,14H,4-10H2,1-3H3,(H,18,23)(H,20,21). The van der Waals surface area contributed by atoms with Crippen molar-refractivity contribution in [1.29, 1.82) is 0 Å². The van der Waals surface area contributed by atoms with Crippen molar-refractivity contribution in [2.75, 3.05) is 6.54 Å². The maximum Gasteiger partial charge on any atom is 0.410 e. The molecule has 28 heavy (non-hydrogen) atoms. The van der Waals surface area contributed by atoms with Gasteiger partial charge < -0.3 is 19.9 Å². The molecule has 2 atom stereocenters. The molecule has 2 N–H and O–H groups in total. The lowest BCUT2D eigenvalue weighted by Crippen LogP contribution is -2.42. The van der Waals surface area contributed by atoms with Crippen molar-refractivity contribution in [3.05, 3.63) is 10.1 Å². The number of carboxylic acid groups (broad SMARTS) is 1. The molecule has 0 saturated heterocycles. The van der Waals surface area contributed by atoms with Crippen LogP contribution in [0.25, 0.3) is 0 Å². The molecule has 0 bridgehead atoms. The number of aliphatic carboxylic acids is 1. The van der Waals surface area contributed by atoms with Crippen LogP contribution in [0.1, 0.15) is 59.3 Å². The second kappa shape index (κ2) is 10.7. The molecule has 0 aromatic rings. The largest absolute Gasteiger partial charge is 0.481 e. The molecule has 160 valence electrons. The van der Waals surface area contributed by atoms with Crippen LogP contribution in [0.15, 0.2) is 0 Å². The Bertz CT molecular complexity index is 573. The number of ether oxygens (including phenoxy) is 2. The Labute approximate surface area is 162 Å². The SMILES string of the molecule is CC(OC(=O)NCC1(CC(=O)O)CCCCC1)OC(=O)C(O[N+](=O)[O-])C(C)C. The number of alkyl carbamates (subject to hydrolysis) is 1. The van der Waals surface area contributed by atoms with Gasteiger partial charge in [0.25, 0.3) is 5.09 Å². The molecule has 0 aliphatic heterocycles.